The molecule has 1 unspecified atom stereocenters. The summed E-state index contributed by atoms with van der Waals surface area (Å²) in [6, 6.07) is 8.24. The topological polar surface area (TPSA) is 51.0 Å². The van der Waals surface area contributed by atoms with Gasteiger partial charge in [-0.15, -0.1) is 11.3 Å². The molecule has 0 fully saturated rings. The highest BCUT2D eigenvalue weighted by atomic mass is 35.5. The molecule has 4 nitrogen and oxygen atoms in total. The predicted molar refractivity (Wildman–Crippen MR) is 91.7 cm³/mol. The lowest BCUT2D eigenvalue weighted by Gasteiger charge is -2.21. The van der Waals surface area contributed by atoms with E-state index in [1.54, 1.807) is 11.3 Å². The monoisotopic (exact) mass is 345 g/mol. The van der Waals surface area contributed by atoms with E-state index in [1.807, 2.05) is 36.7 Å². The molecular formula is C17H16ClN3OS. The number of halogens is 1. The van der Waals surface area contributed by atoms with Crippen molar-refractivity contribution in [2.45, 2.75) is 31.8 Å². The second-order valence-electron chi connectivity index (χ2n) is 5.73. The van der Waals surface area contributed by atoms with E-state index in [-0.39, 0.29) is 0 Å². The van der Waals surface area contributed by atoms with Crippen LogP contribution >= 0.6 is 22.9 Å². The van der Waals surface area contributed by atoms with Crippen molar-refractivity contribution in [3.05, 3.63) is 57.9 Å². The Morgan fingerprint density at radius 1 is 1.26 bits per heavy atom. The van der Waals surface area contributed by atoms with E-state index in [0.717, 1.165) is 47.2 Å². The first-order valence-corrected chi connectivity index (χ1v) is 8.84. The number of aromatic nitrogens is 2. The SMILES string of the molecule is Clc1ccc(-c2ncc(CNC3CCc4cnoc4C3)s2)cc1. The molecule has 2 heterocycles. The number of fused-ring (bicyclic) bond motifs is 1. The molecule has 0 bridgehead atoms. The van der Waals surface area contributed by atoms with E-state index < -0.39 is 0 Å². The van der Waals surface area contributed by atoms with Gasteiger partial charge in [0.1, 0.15) is 10.8 Å². The fourth-order valence-electron chi connectivity index (χ4n) is 2.85. The average molecular weight is 346 g/mol. The van der Waals surface area contributed by atoms with Crippen molar-refractivity contribution >= 4 is 22.9 Å². The molecule has 1 atom stereocenters. The van der Waals surface area contributed by atoms with Crippen molar-refractivity contribution in [3.63, 3.8) is 0 Å². The number of thiazole rings is 1. The number of benzene rings is 1. The quantitative estimate of drug-likeness (QED) is 0.773. The van der Waals surface area contributed by atoms with Crippen LogP contribution < -0.4 is 5.32 Å². The number of nitrogens with one attached hydrogen (secondary N) is 1. The third-order valence-corrected chi connectivity index (χ3v) is 5.43. The maximum Gasteiger partial charge on any atom is 0.141 e. The van der Waals surface area contributed by atoms with Gasteiger partial charge in [-0.3, -0.25) is 0 Å². The molecule has 0 radical (unpaired) electrons. The van der Waals surface area contributed by atoms with E-state index in [9.17, 15) is 0 Å². The van der Waals surface area contributed by atoms with Crippen molar-refractivity contribution < 1.29 is 4.52 Å². The zero-order valence-electron chi connectivity index (χ0n) is 12.5. The van der Waals surface area contributed by atoms with Crippen LogP contribution in [0.5, 0.6) is 0 Å². The van der Waals surface area contributed by atoms with Crippen molar-refractivity contribution in [1.29, 1.82) is 0 Å². The van der Waals surface area contributed by atoms with E-state index in [0.29, 0.717) is 6.04 Å². The molecule has 2 aromatic heterocycles. The van der Waals surface area contributed by atoms with Crippen LogP contribution in [0.25, 0.3) is 10.6 Å². The van der Waals surface area contributed by atoms with Gasteiger partial charge >= 0.3 is 0 Å². The van der Waals surface area contributed by atoms with Crippen LogP contribution in [0.1, 0.15) is 22.6 Å². The van der Waals surface area contributed by atoms with Crippen LogP contribution in [0.2, 0.25) is 5.02 Å². The van der Waals surface area contributed by atoms with Gasteiger partial charge in [0.2, 0.25) is 0 Å². The summed E-state index contributed by atoms with van der Waals surface area (Å²) in [6.45, 7) is 0.833. The fourth-order valence-corrected chi connectivity index (χ4v) is 3.84. The Kier molecular flexibility index (Phi) is 4.16. The molecule has 0 aliphatic heterocycles. The lowest BCUT2D eigenvalue weighted by atomic mass is 9.94. The van der Waals surface area contributed by atoms with Crippen molar-refractivity contribution in [3.8, 4) is 10.6 Å². The van der Waals surface area contributed by atoms with Crippen LogP contribution in [-0.4, -0.2) is 16.2 Å². The highest BCUT2D eigenvalue weighted by Crippen LogP contribution is 2.27. The Bertz CT molecular complexity index is 796. The Morgan fingerprint density at radius 2 is 2.13 bits per heavy atom. The van der Waals surface area contributed by atoms with E-state index in [2.05, 4.69) is 15.5 Å². The van der Waals surface area contributed by atoms with Crippen molar-refractivity contribution in [2.24, 2.45) is 0 Å². The van der Waals surface area contributed by atoms with Gasteiger partial charge in [-0.2, -0.15) is 0 Å². The summed E-state index contributed by atoms with van der Waals surface area (Å²) in [6.07, 6.45) is 6.86. The summed E-state index contributed by atoms with van der Waals surface area (Å²) in [5, 5.41) is 9.26. The average Bonchev–Trinajstić information content (AvgIpc) is 3.22. The summed E-state index contributed by atoms with van der Waals surface area (Å²) in [4.78, 5) is 5.75. The molecule has 118 valence electrons. The number of nitrogens with zero attached hydrogens (tertiary/aromatic N) is 2. The minimum absolute atomic E-state index is 0.441. The van der Waals surface area contributed by atoms with Gasteiger partial charge in [0.15, 0.2) is 0 Å². The molecule has 0 spiro atoms. The number of hydrogen-bond acceptors (Lipinski definition) is 5. The highest BCUT2D eigenvalue weighted by molar-refractivity contribution is 7.15. The summed E-state index contributed by atoms with van der Waals surface area (Å²) < 4.78 is 5.30. The molecular weight excluding hydrogens is 330 g/mol. The molecule has 0 saturated carbocycles. The fraction of sp³-hybridized carbons (Fsp3) is 0.294. The number of rotatable bonds is 4. The Hall–Kier alpha value is -1.69. The second kappa shape index (κ2) is 6.43. The van der Waals surface area contributed by atoms with Crippen molar-refractivity contribution in [1.82, 2.24) is 15.5 Å². The van der Waals surface area contributed by atoms with Gasteiger partial charge in [0.25, 0.3) is 0 Å². The van der Waals surface area contributed by atoms with Crippen LogP contribution in [0.15, 0.2) is 41.2 Å². The Balaban J connectivity index is 1.38. The number of hydrogen-bond donors (Lipinski definition) is 1. The van der Waals surface area contributed by atoms with Gasteiger partial charge in [0.05, 0.1) is 6.20 Å². The Morgan fingerprint density at radius 3 is 3.00 bits per heavy atom. The second-order valence-corrected chi connectivity index (χ2v) is 7.29. The third-order valence-electron chi connectivity index (χ3n) is 4.13. The maximum atomic E-state index is 5.93. The molecule has 0 saturated heterocycles. The first-order chi connectivity index (χ1) is 11.3. The molecule has 0 amide bonds. The Labute approximate surface area is 143 Å². The lowest BCUT2D eigenvalue weighted by Crippen LogP contribution is -2.33. The molecule has 23 heavy (non-hydrogen) atoms. The van der Waals surface area contributed by atoms with Crippen molar-refractivity contribution in [2.75, 3.05) is 0 Å². The van der Waals surface area contributed by atoms with Gasteiger partial charge in [-0.1, -0.05) is 28.9 Å². The van der Waals surface area contributed by atoms with Gasteiger partial charge in [0, 0.05) is 46.2 Å². The smallest absolute Gasteiger partial charge is 0.141 e. The first kappa shape index (κ1) is 14.9. The zero-order chi connectivity index (χ0) is 15.6. The first-order valence-electron chi connectivity index (χ1n) is 7.64. The van der Waals surface area contributed by atoms with E-state index in [1.165, 1.54) is 10.4 Å². The largest absolute Gasteiger partial charge is 0.361 e. The molecule has 1 aliphatic carbocycles. The summed E-state index contributed by atoms with van der Waals surface area (Å²) in [7, 11) is 0. The summed E-state index contributed by atoms with van der Waals surface area (Å²) in [5.74, 6) is 1.03. The minimum Gasteiger partial charge on any atom is -0.361 e. The zero-order valence-corrected chi connectivity index (χ0v) is 14.0. The molecule has 1 aliphatic rings. The summed E-state index contributed by atoms with van der Waals surface area (Å²) >= 11 is 7.64. The normalized spacial score (nSPS) is 17.2. The standard InChI is InChI=1S/C17H16ClN3OS/c18-13-4-1-11(2-5-13)17-20-10-15(23-17)9-19-14-6-3-12-8-21-22-16(12)7-14/h1-2,4-5,8,10,14,19H,3,6-7,9H2. The van der Waals surface area contributed by atoms with Gasteiger partial charge < -0.3 is 9.84 Å². The van der Waals surface area contributed by atoms with Crippen LogP contribution in [0, 0.1) is 0 Å². The van der Waals surface area contributed by atoms with Gasteiger partial charge in [-0.25, -0.2) is 4.98 Å². The highest BCUT2D eigenvalue weighted by Gasteiger charge is 2.21. The predicted octanol–water partition coefficient (Wildman–Crippen LogP) is 4.10. The lowest BCUT2D eigenvalue weighted by molar-refractivity contribution is 0.344. The molecule has 4 rings (SSSR count). The van der Waals surface area contributed by atoms with E-state index in [4.69, 9.17) is 16.1 Å². The molecule has 6 heteroatoms. The third kappa shape index (κ3) is 3.32. The molecule has 1 aromatic carbocycles. The van der Waals surface area contributed by atoms with Crippen LogP contribution in [-0.2, 0) is 19.4 Å². The molecule has 3 aromatic rings. The summed E-state index contributed by atoms with van der Waals surface area (Å²) in [5.41, 5.74) is 2.36. The minimum atomic E-state index is 0.441. The van der Waals surface area contributed by atoms with Crippen LogP contribution in [0.4, 0.5) is 0 Å². The van der Waals surface area contributed by atoms with Crippen LogP contribution in [0.3, 0.4) is 0 Å². The molecule has 1 N–H and O–H groups in total. The number of aryl methyl sites for hydroxylation is 1. The van der Waals surface area contributed by atoms with E-state index >= 15 is 0 Å². The maximum absolute atomic E-state index is 5.93. The van der Waals surface area contributed by atoms with Gasteiger partial charge in [-0.05, 0) is 25.0 Å².